The van der Waals surface area contributed by atoms with Crippen LogP contribution in [0.1, 0.15) is 108 Å². The lowest BCUT2D eigenvalue weighted by atomic mass is 9.96. The average Bonchev–Trinajstić information content (AvgIpc) is 3.78. The van der Waals surface area contributed by atoms with Crippen LogP contribution in [0.3, 0.4) is 0 Å². The summed E-state index contributed by atoms with van der Waals surface area (Å²) >= 11 is 0. The Kier molecular flexibility index (Phi) is 15.3. The fraction of sp³-hybridized carbons (Fsp3) is 0.512. The minimum atomic E-state index is -0.568. The summed E-state index contributed by atoms with van der Waals surface area (Å²) < 4.78 is 0. The summed E-state index contributed by atoms with van der Waals surface area (Å²) in [7, 11) is 1.41. The van der Waals surface area contributed by atoms with Crippen molar-refractivity contribution in [2.75, 3.05) is 20.2 Å². The zero-order valence-electron chi connectivity index (χ0n) is 34.2. The molecular weight excluding hydrogens is 807 g/mol. The van der Waals surface area contributed by atoms with Crippen LogP contribution in [0.5, 0.6) is 0 Å². The molecule has 2 N–H and O–H groups in total. The minimum Gasteiger partial charge on any atom is -0.340 e. The minimum absolute atomic E-state index is 0. The van der Waals surface area contributed by atoms with Gasteiger partial charge in [-0.05, 0) is 97.1 Å². The van der Waals surface area contributed by atoms with E-state index in [1.807, 2.05) is 62.2 Å². The van der Waals surface area contributed by atoms with Gasteiger partial charge in [-0.15, -0.1) is 0 Å². The standard InChI is InChI=1S/C43H51N7O4.4H2S/c1-26(2)28(5)40(51)49-23-42(15-16-42)20-35(49)38-44-22-34(48-38)31-12-9-29(10-13-31)7-8-30-11-14-32-33(19-30)47-39(46-32)36-21-43(17-18-43)24-50(36)41(52)37(27(3)4)45-25-54-53-6;;;;/h9-14,19,22,25-28,35-37H,15-18,20-21,23-24H2,1-6H3,(H,44,48)(H,46,47);4*1H2/t28-,35-,36-,37-;;;;/m0..../s1. The van der Waals surface area contributed by atoms with Crippen molar-refractivity contribution in [3.63, 3.8) is 0 Å². The van der Waals surface area contributed by atoms with E-state index in [-0.39, 0.29) is 101 Å². The number of hydrogen-bond acceptors (Lipinski definition) is 7. The van der Waals surface area contributed by atoms with Crippen LogP contribution in [0, 0.1) is 40.4 Å². The number of likely N-dealkylation sites (tertiary alicyclic amines) is 2. The number of carbonyl (C=O) groups is 2. The van der Waals surface area contributed by atoms with Crippen molar-refractivity contribution in [2.45, 2.75) is 91.3 Å². The smallest absolute Gasteiger partial charge is 0.248 e. The second-order valence-corrected chi connectivity index (χ2v) is 17.0. The molecule has 2 spiro atoms. The molecule has 4 atom stereocenters. The van der Waals surface area contributed by atoms with Gasteiger partial charge in [-0.3, -0.25) is 9.59 Å². The topological polar surface area (TPSA) is 129 Å². The second kappa shape index (κ2) is 18.8. The fourth-order valence-electron chi connectivity index (χ4n) is 8.31. The lowest BCUT2D eigenvalue weighted by Gasteiger charge is -2.28. The third-order valence-corrected chi connectivity index (χ3v) is 12.4. The molecule has 2 saturated carbocycles. The highest BCUT2D eigenvalue weighted by Gasteiger charge is 2.56. The molecule has 15 heteroatoms. The molecule has 2 aliphatic carbocycles. The quantitative estimate of drug-likeness (QED) is 0.0550. The van der Waals surface area contributed by atoms with Crippen LogP contribution >= 0.6 is 54.0 Å². The van der Waals surface area contributed by atoms with Crippen molar-refractivity contribution in [3.8, 4) is 23.1 Å². The first-order valence-corrected chi connectivity index (χ1v) is 19.5. The number of hydrogen-bond donors (Lipinski definition) is 2. The maximum atomic E-state index is 13.9. The van der Waals surface area contributed by atoms with E-state index in [2.05, 4.69) is 62.6 Å². The van der Waals surface area contributed by atoms with Gasteiger partial charge in [0.15, 0.2) is 0 Å². The second-order valence-electron chi connectivity index (χ2n) is 17.0. The molecule has 8 rings (SSSR count). The average molecular weight is 866 g/mol. The van der Waals surface area contributed by atoms with E-state index >= 15 is 0 Å². The van der Waals surface area contributed by atoms with Crippen LogP contribution in [-0.2, 0) is 19.4 Å². The van der Waals surface area contributed by atoms with E-state index in [0.29, 0.717) is 12.5 Å². The third kappa shape index (κ3) is 9.57. The van der Waals surface area contributed by atoms with Crippen molar-refractivity contribution in [2.24, 2.45) is 33.6 Å². The van der Waals surface area contributed by atoms with Gasteiger partial charge in [0.1, 0.15) is 17.7 Å². The molecule has 2 aromatic carbocycles. The molecular formula is C43H59N7O4S4. The monoisotopic (exact) mass is 865 g/mol. The van der Waals surface area contributed by atoms with Crippen LogP contribution in [0.4, 0.5) is 0 Å². The van der Waals surface area contributed by atoms with Gasteiger partial charge in [-0.25, -0.2) is 15.0 Å². The van der Waals surface area contributed by atoms with Crippen LogP contribution in [0.25, 0.3) is 22.3 Å². The molecule has 2 aliphatic heterocycles. The number of rotatable bonds is 10. The molecule has 4 fully saturated rings. The Morgan fingerprint density at radius 2 is 1.40 bits per heavy atom. The number of aromatic amines is 2. The highest BCUT2D eigenvalue weighted by atomic mass is 32.1. The molecule has 0 radical (unpaired) electrons. The van der Waals surface area contributed by atoms with Gasteiger partial charge in [0.25, 0.3) is 0 Å². The Bertz CT molecular complexity index is 2150. The predicted octanol–water partition coefficient (Wildman–Crippen LogP) is 7.83. The molecule has 0 bridgehead atoms. The zero-order chi connectivity index (χ0) is 37.8. The maximum absolute atomic E-state index is 13.9. The molecule has 0 unspecified atom stereocenters. The summed E-state index contributed by atoms with van der Waals surface area (Å²) in [5.74, 6) is 8.82. The fourth-order valence-corrected chi connectivity index (χ4v) is 8.31. The first-order valence-electron chi connectivity index (χ1n) is 19.5. The number of fused-ring (bicyclic) bond motifs is 1. The number of benzene rings is 2. The van der Waals surface area contributed by atoms with Crippen LogP contribution < -0.4 is 0 Å². The molecule has 58 heavy (non-hydrogen) atoms. The highest BCUT2D eigenvalue weighted by molar-refractivity contribution is 7.59. The first-order chi connectivity index (χ1) is 26.0. The van der Waals surface area contributed by atoms with E-state index in [4.69, 9.17) is 14.9 Å². The van der Waals surface area contributed by atoms with E-state index in [0.717, 1.165) is 77.3 Å². The Labute approximate surface area is 370 Å². The largest absolute Gasteiger partial charge is 0.340 e. The van der Waals surface area contributed by atoms with Gasteiger partial charge < -0.3 is 24.7 Å². The van der Waals surface area contributed by atoms with Gasteiger partial charge in [-0.2, -0.15) is 58.9 Å². The Morgan fingerprint density at radius 1 is 0.810 bits per heavy atom. The Balaban J connectivity index is 0.00000186. The summed E-state index contributed by atoms with van der Waals surface area (Å²) in [4.78, 5) is 62.1. The molecule has 314 valence electrons. The third-order valence-electron chi connectivity index (χ3n) is 12.4. The number of nitrogens with zero attached hydrogens (tertiary/aromatic N) is 5. The molecule has 4 aliphatic rings. The summed E-state index contributed by atoms with van der Waals surface area (Å²) in [6.45, 7) is 11.8. The van der Waals surface area contributed by atoms with Gasteiger partial charge >= 0.3 is 0 Å². The molecule has 2 aromatic heterocycles. The molecule has 4 heterocycles. The first kappa shape index (κ1) is 47.1. The van der Waals surface area contributed by atoms with Gasteiger partial charge in [0.2, 0.25) is 18.2 Å². The van der Waals surface area contributed by atoms with Crippen molar-refractivity contribution in [1.29, 1.82) is 0 Å². The number of carbonyl (C=O) groups excluding carboxylic acids is 2. The summed E-state index contributed by atoms with van der Waals surface area (Å²) in [6.07, 6.45) is 9.60. The molecule has 2 saturated heterocycles. The van der Waals surface area contributed by atoms with Crippen LogP contribution in [0.2, 0.25) is 0 Å². The number of nitrogens with one attached hydrogen (secondary N) is 2. The van der Waals surface area contributed by atoms with Crippen molar-refractivity contribution >= 4 is 83.2 Å². The number of aromatic nitrogens is 4. The van der Waals surface area contributed by atoms with E-state index in [9.17, 15) is 9.59 Å². The summed E-state index contributed by atoms with van der Waals surface area (Å²) in [5, 5.41) is 0. The number of amides is 2. The van der Waals surface area contributed by atoms with E-state index in [1.54, 1.807) is 0 Å². The molecule has 11 nitrogen and oxygen atoms in total. The van der Waals surface area contributed by atoms with Crippen LogP contribution in [0.15, 0.2) is 53.7 Å². The maximum Gasteiger partial charge on any atom is 0.248 e. The Morgan fingerprint density at radius 3 is 1.98 bits per heavy atom. The SMILES string of the molecule is COOC=N[C@H](C(=O)N1CC2(CC2)C[C@H]1c1nc2ccc(C#Cc3ccc(-c4cnc([C@@H]5CC6(CC6)CN5C(=O)[C@@H](C)C(C)C)[nH]4)cc3)cc2[nH]1)C(C)C.S.S.S.S. The lowest BCUT2D eigenvalue weighted by molar-refractivity contribution is -0.188. The molecule has 2 amide bonds. The normalized spacial score (nSPS) is 20.6. The van der Waals surface area contributed by atoms with Gasteiger partial charge in [0, 0.05) is 30.1 Å². The Hall–Kier alpha value is -3.55. The predicted molar refractivity (Wildman–Crippen MR) is 248 cm³/mol. The van der Waals surface area contributed by atoms with Gasteiger partial charge in [0.05, 0.1) is 42.1 Å². The van der Waals surface area contributed by atoms with Gasteiger partial charge in [-0.1, -0.05) is 58.6 Å². The van der Waals surface area contributed by atoms with Crippen molar-refractivity contribution < 1.29 is 19.4 Å². The van der Waals surface area contributed by atoms with E-state index in [1.165, 1.54) is 26.4 Å². The lowest BCUT2D eigenvalue weighted by Crippen LogP contribution is -2.41. The molecule has 4 aromatic rings. The van der Waals surface area contributed by atoms with Crippen molar-refractivity contribution in [1.82, 2.24) is 29.7 Å². The summed E-state index contributed by atoms with van der Waals surface area (Å²) in [5.41, 5.74) is 5.94. The van der Waals surface area contributed by atoms with Crippen LogP contribution in [-0.4, -0.2) is 74.2 Å². The van der Waals surface area contributed by atoms with E-state index < -0.39 is 6.04 Å². The summed E-state index contributed by atoms with van der Waals surface area (Å²) in [6, 6.07) is 13.5. The number of imidazole rings is 2. The highest BCUT2D eigenvalue weighted by Crippen LogP contribution is 2.59. The number of H-pyrrole nitrogens is 2. The zero-order valence-corrected chi connectivity index (χ0v) is 38.2. The van der Waals surface area contributed by atoms with Crippen molar-refractivity contribution in [3.05, 3.63) is 71.4 Å². The number of aliphatic imine (C=N–C) groups is 1.